The third-order valence-corrected chi connectivity index (χ3v) is 3.66. The summed E-state index contributed by atoms with van der Waals surface area (Å²) in [5.74, 6) is 0.499. The first-order valence-corrected chi connectivity index (χ1v) is 7.51. The van der Waals surface area contributed by atoms with Crippen LogP contribution in [-0.2, 0) is 6.42 Å². The van der Waals surface area contributed by atoms with Crippen LogP contribution in [-0.4, -0.2) is 65.6 Å². The Labute approximate surface area is 131 Å². The molecule has 1 aromatic heterocycles. The maximum Gasteiger partial charge on any atom is 0.198 e. The summed E-state index contributed by atoms with van der Waals surface area (Å²) in [6.07, 6.45) is 2.60. The van der Waals surface area contributed by atoms with Gasteiger partial charge in [-0.05, 0) is 31.4 Å². The lowest BCUT2D eigenvalue weighted by Crippen LogP contribution is -2.50. The molecule has 1 fully saturated rings. The van der Waals surface area contributed by atoms with E-state index in [4.69, 9.17) is 18.0 Å². The Morgan fingerprint density at radius 1 is 1.38 bits per heavy atom. The van der Waals surface area contributed by atoms with E-state index in [1.54, 1.807) is 6.20 Å². The van der Waals surface area contributed by atoms with Crippen LogP contribution >= 0.6 is 12.2 Å². The van der Waals surface area contributed by atoms with Crippen molar-refractivity contribution in [2.45, 2.75) is 6.42 Å². The lowest BCUT2D eigenvalue weighted by Gasteiger charge is -2.32. The van der Waals surface area contributed by atoms with Gasteiger partial charge in [-0.25, -0.2) is 0 Å². The molecule has 0 amide bonds. The Hall–Kier alpha value is -1.73. The van der Waals surface area contributed by atoms with Crippen LogP contribution in [0.25, 0.3) is 0 Å². The van der Waals surface area contributed by atoms with Gasteiger partial charge in [0, 0.05) is 51.0 Å². The minimum absolute atomic E-state index is 0.433. The predicted octanol–water partition coefficient (Wildman–Crippen LogP) is 0.0607. The third kappa shape index (κ3) is 5.28. The first kappa shape index (κ1) is 15.7. The highest BCUT2D eigenvalue weighted by atomic mass is 32.1. The molecule has 1 aliphatic heterocycles. The van der Waals surface area contributed by atoms with Gasteiger partial charge in [-0.2, -0.15) is 4.99 Å². The van der Waals surface area contributed by atoms with Crippen molar-refractivity contribution in [3.8, 4) is 0 Å². The van der Waals surface area contributed by atoms with Crippen molar-refractivity contribution in [1.82, 2.24) is 20.1 Å². The number of nitrogens with one attached hydrogen (secondary N) is 1. The van der Waals surface area contributed by atoms with Crippen LogP contribution in [0.2, 0.25) is 0 Å². The van der Waals surface area contributed by atoms with Gasteiger partial charge >= 0.3 is 0 Å². The number of hydrogen-bond acceptors (Lipinski definition) is 3. The number of guanidine groups is 1. The Bertz CT molecular complexity index is 481. The standard InChI is InChI=1S/C14H22N6S/c1-19-8-10-20(11-9-19)13(15)18-14(21)17-7-5-12-4-2-3-6-16-12/h2-4,6H,5,7-11H2,1H3,(H3,15,17,18,21). The summed E-state index contributed by atoms with van der Waals surface area (Å²) >= 11 is 5.20. The SMILES string of the molecule is CN1CCN(C(N)=NC(=S)NCCc2ccccn2)CC1. The van der Waals surface area contributed by atoms with Crippen LogP contribution in [0.1, 0.15) is 5.69 Å². The molecular weight excluding hydrogens is 284 g/mol. The smallest absolute Gasteiger partial charge is 0.198 e. The first-order valence-electron chi connectivity index (χ1n) is 7.10. The van der Waals surface area contributed by atoms with Crippen molar-refractivity contribution in [3.05, 3.63) is 30.1 Å². The summed E-state index contributed by atoms with van der Waals surface area (Å²) in [5, 5.41) is 3.53. The van der Waals surface area contributed by atoms with E-state index >= 15 is 0 Å². The maximum atomic E-state index is 6.00. The summed E-state index contributed by atoms with van der Waals surface area (Å²) in [6, 6.07) is 5.87. The number of rotatable bonds is 3. The molecule has 0 aromatic carbocycles. The highest BCUT2D eigenvalue weighted by molar-refractivity contribution is 7.80. The summed E-state index contributed by atoms with van der Waals surface area (Å²) in [4.78, 5) is 12.9. The number of likely N-dealkylation sites (N-methyl/N-ethyl adjacent to an activating group) is 1. The topological polar surface area (TPSA) is 69.8 Å². The molecule has 3 N–H and O–H groups in total. The highest BCUT2D eigenvalue weighted by Gasteiger charge is 2.15. The number of nitrogens with two attached hydrogens (primary N) is 1. The highest BCUT2D eigenvalue weighted by Crippen LogP contribution is 1.99. The van der Waals surface area contributed by atoms with Gasteiger partial charge in [-0.3, -0.25) is 4.98 Å². The van der Waals surface area contributed by atoms with E-state index in [1.807, 2.05) is 18.2 Å². The van der Waals surface area contributed by atoms with E-state index in [0.29, 0.717) is 17.6 Å². The molecule has 0 radical (unpaired) electrons. The number of thiocarbonyl (C=S) groups is 1. The van der Waals surface area contributed by atoms with Gasteiger partial charge < -0.3 is 20.9 Å². The van der Waals surface area contributed by atoms with Gasteiger partial charge in [-0.1, -0.05) is 6.07 Å². The lowest BCUT2D eigenvalue weighted by molar-refractivity contribution is 0.214. The zero-order chi connectivity index (χ0) is 15.1. The molecule has 1 saturated heterocycles. The second kappa shape index (κ2) is 7.90. The van der Waals surface area contributed by atoms with E-state index < -0.39 is 0 Å². The van der Waals surface area contributed by atoms with Gasteiger partial charge in [0.1, 0.15) is 0 Å². The molecule has 2 heterocycles. The molecule has 21 heavy (non-hydrogen) atoms. The van der Waals surface area contributed by atoms with Crippen LogP contribution < -0.4 is 11.1 Å². The van der Waals surface area contributed by atoms with Gasteiger partial charge in [0.05, 0.1) is 0 Å². The summed E-state index contributed by atoms with van der Waals surface area (Å²) in [7, 11) is 2.11. The second-order valence-corrected chi connectivity index (χ2v) is 5.45. The van der Waals surface area contributed by atoms with Gasteiger partial charge in [0.2, 0.25) is 0 Å². The number of nitrogens with zero attached hydrogens (tertiary/aromatic N) is 4. The summed E-state index contributed by atoms with van der Waals surface area (Å²) in [5.41, 5.74) is 7.03. The molecule has 0 atom stereocenters. The lowest BCUT2D eigenvalue weighted by atomic mass is 10.3. The fourth-order valence-corrected chi connectivity index (χ4v) is 2.29. The number of piperazine rings is 1. The normalized spacial score (nSPS) is 16.8. The molecule has 7 heteroatoms. The minimum atomic E-state index is 0.433. The molecular formula is C14H22N6S. The Morgan fingerprint density at radius 2 is 2.14 bits per heavy atom. The average molecular weight is 306 g/mol. The molecule has 0 saturated carbocycles. The zero-order valence-corrected chi connectivity index (χ0v) is 13.1. The van der Waals surface area contributed by atoms with Crippen LogP contribution in [0, 0.1) is 0 Å². The number of hydrogen-bond donors (Lipinski definition) is 2. The third-order valence-electron chi connectivity index (χ3n) is 3.43. The second-order valence-electron chi connectivity index (χ2n) is 5.06. The number of pyridine rings is 1. The van der Waals surface area contributed by atoms with Crippen LogP contribution in [0.5, 0.6) is 0 Å². The van der Waals surface area contributed by atoms with E-state index in [1.165, 1.54) is 0 Å². The van der Waals surface area contributed by atoms with Gasteiger partial charge in [0.25, 0.3) is 0 Å². The van der Waals surface area contributed by atoms with Crippen molar-refractivity contribution in [1.29, 1.82) is 0 Å². The maximum absolute atomic E-state index is 6.00. The van der Waals surface area contributed by atoms with Crippen molar-refractivity contribution < 1.29 is 0 Å². The first-order chi connectivity index (χ1) is 10.1. The minimum Gasteiger partial charge on any atom is -0.369 e. The van der Waals surface area contributed by atoms with Crippen molar-refractivity contribution in [3.63, 3.8) is 0 Å². The fraction of sp³-hybridized carbons (Fsp3) is 0.500. The summed E-state index contributed by atoms with van der Waals surface area (Å²) in [6.45, 7) is 4.48. The molecule has 0 bridgehead atoms. The van der Waals surface area contributed by atoms with E-state index in [0.717, 1.165) is 38.3 Å². The van der Waals surface area contributed by atoms with Crippen LogP contribution in [0.15, 0.2) is 29.4 Å². The van der Waals surface area contributed by atoms with Crippen molar-refractivity contribution >= 4 is 23.3 Å². The fourth-order valence-electron chi connectivity index (χ4n) is 2.09. The molecule has 6 nitrogen and oxygen atoms in total. The largest absolute Gasteiger partial charge is 0.369 e. The Balaban J connectivity index is 1.74. The molecule has 114 valence electrons. The molecule has 0 spiro atoms. The Morgan fingerprint density at radius 3 is 2.81 bits per heavy atom. The van der Waals surface area contributed by atoms with Crippen LogP contribution in [0.4, 0.5) is 0 Å². The molecule has 2 rings (SSSR count). The van der Waals surface area contributed by atoms with E-state index in [9.17, 15) is 0 Å². The average Bonchev–Trinajstić information content (AvgIpc) is 2.49. The van der Waals surface area contributed by atoms with Crippen LogP contribution in [0.3, 0.4) is 0 Å². The van der Waals surface area contributed by atoms with E-state index in [2.05, 4.69) is 32.1 Å². The van der Waals surface area contributed by atoms with Crippen molar-refractivity contribution in [2.75, 3.05) is 39.8 Å². The predicted molar refractivity (Wildman–Crippen MR) is 89.2 cm³/mol. The zero-order valence-electron chi connectivity index (χ0n) is 12.3. The molecule has 0 unspecified atom stereocenters. The molecule has 1 aliphatic rings. The van der Waals surface area contributed by atoms with Gasteiger partial charge in [0.15, 0.2) is 11.1 Å². The van der Waals surface area contributed by atoms with Gasteiger partial charge in [-0.15, -0.1) is 0 Å². The quantitative estimate of drug-likeness (QED) is 0.468. The number of aromatic nitrogens is 1. The van der Waals surface area contributed by atoms with E-state index in [-0.39, 0.29) is 0 Å². The molecule has 0 aliphatic carbocycles. The monoisotopic (exact) mass is 306 g/mol. The summed E-state index contributed by atoms with van der Waals surface area (Å²) < 4.78 is 0. The Kier molecular flexibility index (Phi) is 5.89. The number of aliphatic imine (C=N–C) groups is 1. The molecule has 1 aromatic rings. The van der Waals surface area contributed by atoms with Crippen molar-refractivity contribution in [2.24, 2.45) is 10.7 Å².